The Bertz CT molecular complexity index is 910. The SMILES string of the molecule is O=C(N1CCCCC1)N(O)S(=O)(=O)c1ccc(OCc2ccc(F)cc2)cc1. The summed E-state index contributed by atoms with van der Waals surface area (Å²) in [5.41, 5.74) is 0.756. The maximum absolute atomic E-state index is 12.9. The van der Waals surface area contributed by atoms with Gasteiger partial charge in [0.2, 0.25) is 0 Å². The van der Waals surface area contributed by atoms with Gasteiger partial charge in [0.15, 0.2) is 0 Å². The molecule has 0 bridgehead atoms. The van der Waals surface area contributed by atoms with Crippen molar-refractivity contribution < 1.29 is 27.5 Å². The Morgan fingerprint density at radius 2 is 1.64 bits per heavy atom. The number of hydrogen-bond donors (Lipinski definition) is 1. The van der Waals surface area contributed by atoms with Gasteiger partial charge in [-0.3, -0.25) is 5.21 Å². The lowest BCUT2D eigenvalue weighted by atomic mass is 10.1. The van der Waals surface area contributed by atoms with Crippen LogP contribution in [-0.2, 0) is 16.6 Å². The Morgan fingerprint density at radius 3 is 2.25 bits per heavy atom. The topological polar surface area (TPSA) is 87.2 Å². The largest absolute Gasteiger partial charge is 0.489 e. The van der Waals surface area contributed by atoms with Gasteiger partial charge in [0.25, 0.3) is 10.0 Å². The normalized spacial score (nSPS) is 14.6. The number of urea groups is 1. The van der Waals surface area contributed by atoms with Gasteiger partial charge in [-0.1, -0.05) is 16.6 Å². The smallest absolute Gasteiger partial charge is 0.358 e. The summed E-state index contributed by atoms with van der Waals surface area (Å²) in [6.45, 7) is 1.02. The van der Waals surface area contributed by atoms with Crippen LogP contribution < -0.4 is 4.74 Å². The number of nitrogens with zero attached hydrogens (tertiary/aromatic N) is 2. The second-order valence-electron chi connectivity index (χ2n) is 6.46. The number of amides is 2. The molecule has 0 unspecified atom stereocenters. The average Bonchev–Trinajstić information content (AvgIpc) is 2.73. The fraction of sp³-hybridized carbons (Fsp3) is 0.316. The number of carbonyl (C=O) groups is 1. The Labute approximate surface area is 163 Å². The molecule has 1 N–H and O–H groups in total. The van der Waals surface area contributed by atoms with Gasteiger partial charge in [0, 0.05) is 13.1 Å². The summed E-state index contributed by atoms with van der Waals surface area (Å²) < 4.78 is 43.2. The summed E-state index contributed by atoms with van der Waals surface area (Å²) in [4.78, 5) is 13.3. The highest BCUT2D eigenvalue weighted by atomic mass is 32.2. The maximum Gasteiger partial charge on any atom is 0.358 e. The Morgan fingerprint density at radius 1 is 1.04 bits per heavy atom. The number of sulfonamides is 1. The summed E-state index contributed by atoms with van der Waals surface area (Å²) in [6, 6.07) is 10.2. The number of ether oxygens (including phenoxy) is 1. The second kappa shape index (κ2) is 8.57. The molecule has 1 saturated heterocycles. The molecule has 0 aliphatic carbocycles. The molecular formula is C19H21FN2O5S. The highest BCUT2D eigenvalue weighted by Crippen LogP contribution is 2.21. The number of likely N-dealkylation sites (tertiary alicyclic amines) is 1. The zero-order valence-corrected chi connectivity index (χ0v) is 15.9. The van der Waals surface area contributed by atoms with Gasteiger partial charge >= 0.3 is 6.03 Å². The Kier molecular flexibility index (Phi) is 6.15. The lowest BCUT2D eigenvalue weighted by Gasteiger charge is -2.29. The molecule has 0 atom stereocenters. The minimum atomic E-state index is -4.38. The van der Waals surface area contributed by atoms with E-state index >= 15 is 0 Å². The van der Waals surface area contributed by atoms with Crippen LogP contribution in [0.5, 0.6) is 5.75 Å². The molecule has 0 radical (unpaired) electrons. The van der Waals surface area contributed by atoms with E-state index in [1.807, 2.05) is 0 Å². The molecule has 1 fully saturated rings. The van der Waals surface area contributed by atoms with Crippen LogP contribution in [0.15, 0.2) is 53.4 Å². The molecule has 2 amide bonds. The van der Waals surface area contributed by atoms with Gasteiger partial charge < -0.3 is 9.64 Å². The molecule has 150 valence electrons. The molecule has 3 rings (SSSR count). The van der Waals surface area contributed by atoms with Crippen LogP contribution in [0.1, 0.15) is 24.8 Å². The third-order valence-electron chi connectivity index (χ3n) is 4.46. The summed E-state index contributed by atoms with van der Waals surface area (Å²) in [7, 11) is -4.38. The number of hydroxylamine groups is 1. The minimum Gasteiger partial charge on any atom is -0.489 e. The summed E-state index contributed by atoms with van der Waals surface area (Å²) in [5.74, 6) is 0.0566. The molecule has 1 heterocycles. The number of carbonyl (C=O) groups excluding carboxylic acids is 1. The predicted molar refractivity (Wildman–Crippen MR) is 98.8 cm³/mol. The number of benzene rings is 2. The number of hydrogen-bond acceptors (Lipinski definition) is 5. The summed E-state index contributed by atoms with van der Waals surface area (Å²) in [6.07, 6.45) is 2.53. The van der Waals surface area contributed by atoms with Gasteiger partial charge in [0.05, 0.1) is 4.90 Å². The molecule has 7 nitrogen and oxygen atoms in total. The monoisotopic (exact) mass is 408 g/mol. The van der Waals surface area contributed by atoms with E-state index in [1.54, 1.807) is 12.1 Å². The zero-order chi connectivity index (χ0) is 20.1. The van der Waals surface area contributed by atoms with Crippen molar-refractivity contribution >= 4 is 16.1 Å². The van der Waals surface area contributed by atoms with Crippen LogP contribution in [-0.4, -0.2) is 42.1 Å². The Hall–Kier alpha value is -2.65. The first-order chi connectivity index (χ1) is 13.4. The standard InChI is InChI=1S/C19H21FN2O5S/c20-16-6-4-15(5-7-16)14-27-17-8-10-18(11-9-17)28(25,26)22(24)19(23)21-12-2-1-3-13-21/h4-11,24H,1-3,12-14H2. The highest BCUT2D eigenvalue weighted by molar-refractivity contribution is 7.89. The average molecular weight is 408 g/mol. The first-order valence-corrected chi connectivity index (χ1v) is 10.3. The highest BCUT2D eigenvalue weighted by Gasteiger charge is 2.32. The molecule has 9 heteroatoms. The maximum atomic E-state index is 12.9. The lowest BCUT2D eigenvalue weighted by Crippen LogP contribution is -2.46. The first-order valence-electron chi connectivity index (χ1n) is 8.88. The molecule has 1 aliphatic heterocycles. The van der Waals surface area contributed by atoms with Crippen LogP contribution in [0.25, 0.3) is 0 Å². The van der Waals surface area contributed by atoms with Crippen LogP contribution >= 0.6 is 0 Å². The van der Waals surface area contributed by atoms with Crippen molar-refractivity contribution in [2.45, 2.75) is 30.8 Å². The fourth-order valence-corrected chi connectivity index (χ4v) is 3.86. The molecule has 2 aromatic carbocycles. The van der Waals surface area contributed by atoms with Gasteiger partial charge in [-0.05, 0) is 61.2 Å². The van der Waals surface area contributed by atoms with Gasteiger partial charge in [-0.15, -0.1) is 0 Å². The third kappa shape index (κ3) is 4.60. The van der Waals surface area contributed by atoms with Crippen molar-refractivity contribution in [1.82, 2.24) is 9.37 Å². The van der Waals surface area contributed by atoms with E-state index in [0.717, 1.165) is 24.8 Å². The summed E-state index contributed by atoms with van der Waals surface area (Å²) in [5, 5.41) is 9.99. The van der Waals surface area contributed by atoms with Crippen LogP contribution in [0.4, 0.5) is 9.18 Å². The zero-order valence-electron chi connectivity index (χ0n) is 15.1. The van der Waals surface area contributed by atoms with E-state index in [0.29, 0.717) is 18.8 Å². The van der Waals surface area contributed by atoms with Crippen LogP contribution in [0.2, 0.25) is 0 Å². The van der Waals surface area contributed by atoms with Gasteiger partial charge in [0.1, 0.15) is 18.2 Å². The van der Waals surface area contributed by atoms with Crippen LogP contribution in [0, 0.1) is 5.82 Å². The van der Waals surface area contributed by atoms with Gasteiger partial charge in [-0.2, -0.15) is 8.42 Å². The van der Waals surface area contributed by atoms with Crippen LogP contribution in [0.3, 0.4) is 0 Å². The molecule has 0 saturated carbocycles. The lowest BCUT2D eigenvalue weighted by molar-refractivity contribution is 0.0193. The van der Waals surface area contributed by atoms with Crippen molar-refractivity contribution in [1.29, 1.82) is 0 Å². The molecule has 28 heavy (non-hydrogen) atoms. The fourth-order valence-electron chi connectivity index (χ4n) is 2.86. The molecular weight excluding hydrogens is 387 g/mol. The third-order valence-corrected chi connectivity index (χ3v) is 5.94. The first kappa shape index (κ1) is 20.1. The van der Waals surface area contributed by atoms with Crippen molar-refractivity contribution in [3.05, 3.63) is 59.9 Å². The van der Waals surface area contributed by atoms with E-state index in [9.17, 15) is 22.8 Å². The quantitative estimate of drug-likeness (QED) is 0.605. The molecule has 0 spiro atoms. The van der Waals surface area contributed by atoms with E-state index in [1.165, 1.54) is 41.3 Å². The molecule has 2 aromatic rings. The number of rotatable bonds is 5. The van der Waals surface area contributed by atoms with E-state index < -0.39 is 16.1 Å². The van der Waals surface area contributed by atoms with Crippen molar-refractivity contribution in [3.63, 3.8) is 0 Å². The predicted octanol–water partition coefficient (Wildman–Crippen LogP) is 3.39. The molecule has 1 aliphatic rings. The Balaban J connectivity index is 1.65. The van der Waals surface area contributed by atoms with Crippen molar-refractivity contribution in [2.24, 2.45) is 0 Å². The van der Waals surface area contributed by atoms with E-state index in [-0.39, 0.29) is 21.8 Å². The van der Waals surface area contributed by atoms with Crippen molar-refractivity contribution in [2.75, 3.05) is 13.1 Å². The number of piperidine rings is 1. The minimum absolute atomic E-state index is 0.186. The second-order valence-corrected chi connectivity index (χ2v) is 8.23. The van der Waals surface area contributed by atoms with E-state index in [4.69, 9.17) is 4.74 Å². The molecule has 0 aromatic heterocycles. The van der Waals surface area contributed by atoms with Gasteiger partial charge in [-0.25, -0.2) is 9.18 Å². The summed E-state index contributed by atoms with van der Waals surface area (Å²) >= 11 is 0. The van der Waals surface area contributed by atoms with Crippen molar-refractivity contribution in [3.8, 4) is 5.75 Å². The van der Waals surface area contributed by atoms with E-state index in [2.05, 4.69) is 0 Å². The number of halogens is 1.